The first-order valence-electron chi connectivity index (χ1n) is 8.02. The molecule has 0 bridgehead atoms. The van der Waals surface area contributed by atoms with Gasteiger partial charge >= 0.3 is 5.97 Å². The Hall–Kier alpha value is -0.610. The molecule has 0 heterocycles. The molecule has 0 aliphatic heterocycles. The summed E-state index contributed by atoms with van der Waals surface area (Å²) in [4.78, 5) is 13.9. The molecule has 4 heteroatoms. The number of hydrogen-bond donors (Lipinski definition) is 2. The van der Waals surface area contributed by atoms with E-state index < -0.39 is 11.5 Å². The molecule has 0 amide bonds. The molecule has 4 nitrogen and oxygen atoms in total. The van der Waals surface area contributed by atoms with Gasteiger partial charge in [-0.05, 0) is 39.7 Å². The molecule has 120 valence electrons. The molecular formula is C16H34N2O2. The van der Waals surface area contributed by atoms with E-state index in [-0.39, 0.29) is 6.04 Å². The molecule has 2 N–H and O–H groups in total. The van der Waals surface area contributed by atoms with Crippen molar-refractivity contribution in [2.75, 3.05) is 19.6 Å². The number of carboxylic acids is 1. The molecule has 0 aromatic heterocycles. The molecular weight excluding hydrogens is 252 g/mol. The van der Waals surface area contributed by atoms with E-state index in [1.165, 1.54) is 12.8 Å². The van der Waals surface area contributed by atoms with Crippen molar-refractivity contribution in [3.8, 4) is 0 Å². The van der Waals surface area contributed by atoms with Crippen molar-refractivity contribution in [3.63, 3.8) is 0 Å². The summed E-state index contributed by atoms with van der Waals surface area (Å²) in [6.45, 7) is 15.3. The first kappa shape index (κ1) is 19.4. The Balaban J connectivity index is 4.54. The Bertz CT molecular complexity index is 278. The zero-order chi connectivity index (χ0) is 15.8. The standard InChI is InChI=1S/C16H34N2O2/c1-7-14(8-2)12-18(9-3)11-10-16(6,15(19)20)17-13(4)5/h13-14,17H,7-12H2,1-6H3,(H,19,20). The van der Waals surface area contributed by atoms with Gasteiger partial charge in [-0.15, -0.1) is 0 Å². The smallest absolute Gasteiger partial charge is 0.323 e. The van der Waals surface area contributed by atoms with Gasteiger partial charge in [0.25, 0.3) is 0 Å². The number of nitrogens with zero attached hydrogens (tertiary/aromatic N) is 1. The predicted molar refractivity (Wildman–Crippen MR) is 85.1 cm³/mol. The van der Waals surface area contributed by atoms with Crippen molar-refractivity contribution in [2.24, 2.45) is 5.92 Å². The van der Waals surface area contributed by atoms with E-state index in [0.717, 1.165) is 19.6 Å². The van der Waals surface area contributed by atoms with Crippen molar-refractivity contribution >= 4 is 5.97 Å². The third-order valence-corrected chi connectivity index (χ3v) is 4.13. The number of hydrogen-bond acceptors (Lipinski definition) is 3. The Morgan fingerprint density at radius 2 is 1.80 bits per heavy atom. The molecule has 0 saturated heterocycles. The van der Waals surface area contributed by atoms with Crippen LogP contribution >= 0.6 is 0 Å². The lowest BCUT2D eigenvalue weighted by Crippen LogP contribution is -2.54. The van der Waals surface area contributed by atoms with Crippen molar-refractivity contribution in [3.05, 3.63) is 0 Å². The third-order valence-electron chi connectivity index (χ3n) is 4.13. The predicted octanol–water partition coefficient (Wildman–Crippen LogP) is 2.98. The Morgan fingerprint density at radius 1 is 1.25 bits per heavy atom. The Kier molecular flexibility index (Phi) is 9.06. The van der Waals surface area contributed by atoms with Gasteiger partial charge in [-0.25, -0.2) is 0 Å². The fourth-order valence-corrected chi connectivity index (χ4v) is 2.55. The second-order valence-electron chi connectivity index (χ2n) is 6.26. The summed E-state index contributed by atoms with van der Waals surface area (Å²) in [5, 5.41) is 12.7. The maximum absolute atomic E-state index is 11.5. The molecule has 0 aromatic carbocycles. The summed E-state index contributed by atoms with van der Waals surface area (Å²) >= 11 is 0. The highest BCUT2D eigenvalue weighted by Crippen LogP contribution is 2.15. The van der Waals surface area contributed by atoms with Crippen LogP contribution in [-0.2, 0) is 4.79 Å². The summed E-state index contributed by atoms with van der Waals surface area (Å²) < 4.78 is 0. The zero-order valence-corrected chi connectivity index (χ0v) is 14.2. The zero-order valence-electron chi connectivity index (χ0n) is 14.2. The molecule has 0 radical (unpaired) electrons. The summed E-state index contributed by atoms with van der Waals surface area (Å²) in [6, 6.07) is 0.171. The van der Waals surface area contributed by atoms with Crippen LogP contribution in [0, 0.1) is 5.92 Å². The van der Waals surface area contributed by atoms with Gasteiger partial charge in [-0.2, -0.15) is 0 Å². The summed E-state index contributed by atoms with van der Waals surface area (Å²) in [5.41, 5.74) is -0.838. The van der Waals surface area contributed by atoms with Crippen LogP contribution in [0.25, 0.3) is 0 Å². The van der Waals surface area contributed by atoms with Crippen molar-refractivity contribution in [1.82, 2.24) is 10.2 Å². The molecule has 0 saturated carbocycles. The lowest BCUT2D eigenvalue weighted by Gasteiger charge is -2.32. The minimum Gasteiger partial charge on any atom is -0.480 e. The van der Waals surface area contributed by atoms with E-state index in [2.05, 4.69) is 31.0 Å². The minimum absolute atomic E-state index is 0.171. The van der Waals surface area contributed by atoms with Gasteiger partial charge in [0.15, 0.2) is 0 Å². The van der Waals surface area contributed by atoms with E-state index >= 15 is 0 Å². The highest BCUT2D eigenvalue weighted by atomic mass is 16.4. The average Bonchev–Trinajstić information content (AvgIpc) is 2.38. The van der Waals surface area contributed by atoms with Crippen molar-refractivity contribution < 1.29 is 9.90 Å². The molecule has 0 aliphatic rings. The minimum atomic E-state index is -0.838. The highest BCUT2D eigenvalue weighted by Gasteiger charge is 2.33. The first-order chi connectivity index (χ1) is 9.28. The largest absolute Gasteiger partial charge is 0.480 e. The van der Waals surface area contributed by atoms with Gasteiger partial charge in [-0.3, -0.25) is 10.1 Å². The average molecular weight is 286 g/mol. The molecule has 1 atom stereocenters. The van der Waals surface area contributed by atoms with Crippen molar-refractivity contribution in [1.29, 1.82) is 0 Å². The number of rotatable bonds is 11. The first-order valence-corrected chi connectivity index (χ1v) is 8.02. The molecule has 0 rings (SSSR count). The Labute approximate surface area is 124 Å². The maximum Gasteiger partial charge on any atom is 0.323 e. The fraction of sp³-hybridized carbons (Fsp3) is 0.938. The molecule has 1 unspecified atom stereocenters. The van der Waals surface area contributed by atoms with Crippen LogP contribution in [0.3, 0.4) is 0 Å². The third kappa shape index (κ3) is 6.71. The van der Waals surface area contributed by atoms with Crippen LogP contribution in [0.2, 0.25) is 0 Å². The van der Waals surface area contributed by atoms with Gasteiger partial charge in [-0.1, -0.05) is 33.6 Å². The number of carbonyl (C=O) groups is 1. The van der Waals surface area contributed by atoms with E-state index in [0.29, 0.717) is 12.3 Å². The van der Waals surface area contributed by atoms with Crippen LogP contribution < -0.4 is 5.32 Å². The van der Waals surface area contributed by atoms with Crippen LogP contribution in [0.4, 0.5) is 0 Å². The Morgan fingerprint density at radius 3 is 2.15 bits per heavy atom. The van der Waals surface area contributed by atoms with Gasteiger partial charge in [0.05, 0.1) is 0 Å². The number of nitrogens with one attached hydrogen (secondary N) is 1. The van der Waals surface area contributed by atoms with Crippen LogP contribution in [0.5, 0.6) is 0 Å². The maximum atomic E-state index is 11.5. The van der Waals surface area contributed by atoms with Crippen molar-refractivity contribution in [2.45, 2.75) is 72.4 Å². The van der Waals surface area contributed by atoms with Crippen LogP contribution in [-0.4, -0.2) is 47.2 Å². The topological polar surface area (TPSA) is 52.6 Å². The SMILES string of the molecule is CCC(CC)CN(CC)CCC(C)(NC(C)C)C(=O)O. The van der Waals surface area contributed by atoms with E-state index in [4.69, 9.17) is 0 Å². The summed E-state index contributed by atoms with van der Waals surface area (Å²) in [5.74, 6) is -0.0473. The van der Waals surface area contributed by atoms with Gasteiger partial charge in [0.2, 0.25) is 0 Å². The van der Waals surface area contributed by atoms with Crippen LogP contribution in [0.1, 0.15) is 60.8 Å². The van der Waals surface area contributed by atoms with Crippen LogP contribution in [0.15, 0.2) is 0 Å². The monoisotopic (exact) mass is 286 g/mol. The summed E-state index contributed by atoms with van der Waals surface area (Å²) in [7, 11) is 0. The quantitative estimate of drug-likeness (QED) is 0.613. The van der Waals surface area contributed by atoms with Gasteiger partial charge < -0.3 is 10.0 Å². The number of carboxylic acid groups (broad SMARTS) is 1. The van der Waals surface area contributed by atoms with Gasteiger partial charge in [0.1, 0.15) is 5.54 Å². The fourth-order valence-electron chi connectivity index (χ4n) is 2.55. The normalized spacial score (nSPS) is 15.1. The second-order valence-corrected chi connectivity index (χ2v) is 6.26. The molecule has 0 fully saturated rings. The van der Waals surface area contributed by atoms with Gasteiger partial charge in [0, 0.05) is 19.1 Å². The lowest BCUT2D eigenvalue weighted by atomic mass is 9.95. The van der Waals surface area contributed by atoms with E-state index in [1.807, 2.05) is 13.8 Å². The second kappa shape index (κ2) is 9.35. The summed E-state index contributed by atoms with van der Waals surface area (Å²) in [6.07, 6.45) is 3.01. The highest BCUT2D eigenvalue weighted by molar-refractivity contribution is 5.78. The lowest BCUT2D eigenvalue weighted by molar-refractivity contribution is -0.145. The van der Waals surface area contributed by atoms with E-state index in [9.17, 15) is 9.90 Å². The molecule has 20 heavy (non-hydrogen) atoms. The molecule has 0 spiro atoms. The molecule has 0 aromatic rings. The number of aliphatic carboxylic acids is 1. The molecule has 0 aliphatic carbocycles. The van der Waals surface area contributed by atoms with E-state index in [1.54, 1.807) is 6.92 Å².